The summed E-state index contributed by atoms with van der Waals surface area (Å²) < 4.78 is 36.8. The van der Waals surface area contributed by atoms with E-state index in [1.807, 2.05) is 4.90 Å². The van der Waals surface area contributed by atoms with Crippen LogP contribution in [0.3, 0.4) is 0 Å². The lowest BCUT2D eigenvalue weighted by Crippen LogP contribution is -2.56. The summed E-state index contributed by atoms with van der Waals surface area (Å²) in [5.74, 6) is 0.412. The Hall–Kier alpha value is -1.47. The molecule has 0 radical (unpaired) electrons. The van der Waals surface area contributed by atoms with Crippen molar-refractivity contribution in [3.8, 4) is 0 Å². The smallest absolute Gasteiger partial charge is 0.233 e. The van der Waals surface area contributed by atoms with Crippen LogP contribution in [0.5, 0.6) is 0 Å². The highest BCUT2D eigenvalue weighted by Crippen LogP contribution is 2.43. The Kier molecular flexibility index (Phi) is 5.01. The summed E-state index contributed by atoms with van der Waals surface area (Å²) in [6.45, 7) is 2.73. The molecule has 3 aliphatic rings. The monoisotopic (exact) mass is 394 g/mol. The van der Waals surface area contributed by atoms with E-state index in [-0.39, 0.29) is 29.3 Å². The standard InChI is InChI=1S/C20H27FN2O3S/c21-17-5-3-16(4-6-17)20(8-1-2-9-20)19(24)23-12-10-22(11-13-23)18-7-14-27(25,26)15-18/h3-6,18H,1-2,7-15H2. The topological polar surface area (TPSA) is 57.7 Å². The van der Waals surface area contributed by atoms with Crippen molar-refractivity contribution in [2.75, 3.05) is 37.7 Å². The van der Waals surface area contributed by atoms with E-state index in [1.54, 1.807) is 12.1 Å². The second-order valence-electron chi connectivity index (χ2n) is 8.18. The summed E-state index contributed by atoms with van der Waals surface area (Å²) in [4.78, 5) is 17.6. The zero-order valence-electron chi connectivity index (χ0n) is 15.6. The average molecular weight is 395 g/mol. The van der Waals surface area contributed by atoms with Gasteiger partial charge in [-0.25, -0.2) is 12.8 Å². The Morgan fingerprint density at radius 2 is 1.67 bits per heavy atom. The highest BCUT2D eigenvalue weighted by Gasteiger charge is 2.45. The van der Waals surface area contributed by atoms with E-state index in [4.69, 9.17) is 0 Å². The number of carbonyl (C=O) groups excluding carboxylic acids is 1. The Morgan fingerprint density at radius 1 is 1.04 bits per heavy atom. The molecule has 0 bridgehead atoms. The molecule has 4 rings (SSSR count). The second-order valence-corrected chi connectivity index (χ2v) is 10.4. The molecule has 2 aliphatic heterocycles. The molecular formula is C20H27FN2O3S. The van der Waals surface area contributed by atoms with Gasteiger partial charge in [-0.05, 0) is 37.0 Å². The molecule has 148 valence electrons. The molecule has 1 aromatic carbocycles. The van der Waals surface area contributed by atoms with Gasteiger partial charge >= 0.3 is 0 Å². The number of carbonyl (C=O) groups is 1. The number of nitrogens with zero attached hydrogens (tertiary/aromatic N) is 2. The van der Waals surface area contributed by atoms with E-state index in [0.717, 1.165) is 44.3 Å². The molecule has 27 heavy (non-hydrogen) atoms. The van der Waals surface area contributed by atoms with Crippen LogP contribution >= 0.6 is 0 Å². The summed E-state index contributed by atoms with van der Waals surface area (Å²) in [6.07, 6.45) is 4.37. The number of hydrogen-bond acceptors (Lipinski definition) is 4. The molecule has 2 heterocycles. The van der Waals surface area contributed by atoms with Gasteiger partial charge in [0, 0.05) is 32.2 Å². The molecule has 3 fully saturated rings. The van der Waals surface area contributed by atoms with Crippen LogP contribution in [0.1, 0.15) is 37.7 Å². The van der Waals surface area contributed by atoms with Crippen molar-refractivity contribution < 1.29 is 17.6 Å². The Bertz CT molecular complexity index is 795. The van der Waals surface area contributed by atoms with E-state index in [0.29, 0.717) is 19.5 Å². The van der Waals surface area contributed by atoms with Gasteiger partial charge in [-0.15, -0.1) is 0 Å². The first-order chi connectivity index (χ1) is 12.9. The largest absolute Gasteiger partial charge is 0.339 e. The predicted octanol–water partition coefficient (Wildman–Crippen LogP) is 1.97. The lowest BCUT2D eigenvalue weighted by Gasteiger charge is -2.41. The average Bonchev–Trinajstić information content (AvgIpc) is 3.29. The van der Waals surface area contributed by atoms with Gasteiger partial charge in [0.2, 0.25) is 5.91 Å². The predicted molar refractivity (Wildman–Crippen MR) is 102 cm³/mol. The molecule has 5 nitrogen and oxygen atoms in total. The molecule has 1 unspecified atom stereocenters. The molecule has 2 saturated heterocycles. The van der Waals surface area contributed by atoms with Gasteiger partial charge in [0.15, 0.2) is 9.84 Å². The zero-order chi connectivity index (χ0) is 19.1. The number of halogens is 1. The number of rotatable bonds is 3. The minimum Gasteiger partial charge on any atom is -0.339 e. The summed E-state index contributed by atoms with van der Waals surface area (Å²) >= 11 is 0. The normalized spacial score (nSPS) is 27.7. The van der Waals surface area contributed by atoms with Crippen LogP contribution in [0.25, 0.3) is 0 Å². The van der Waals surface area contributed by atoms with Crippen molar-refractivity contribution in [1.29, 1.82) is 0 Å². The van der Waals surface area contributed by atoms with Gasteiger partial charge < -0.3 is 4.90 Å². The van der Waals surface area contributed by atoms with Crippen molar-refractivity contribution in [3.05, 3.63) is 35.6 Å². The Labute approximate surface area is 160 Å². The molecule has 7 heteroatoms. The van der Waals surface area contributed by atoms with E-state index in [1.165, 1.54) is 12.1 Å². The highest BCUT2D eigenvalue weighted by atomic mass is 32.2. The van der Waals surface area contributed by atoms with Gasteiger partial charge in [-0.2, -0.15) is 0 Å². The van der Waals surface area contributed by atoms with Crippen molar-refractivity contribution in [2.24, 2.45) is 0 Å². The van der Waals surface area contributed by atoms with Crippen molar-refractivity contribution in [1.82, 2.24) is 9.80 Å². The van der Waals surface area contributed by atoms with Crippen LogP contribution < -0.4 is 0 Å². The maximum Gasteiger partial charge on any atom is 0.233 e. The molecular weight excluding hydrogens is 367 g/mol. The molecule has 0 N–H and O–H groups in total. The zero-order valence-corrected chi connectivity index (χ0v) is 16.4. The maximum atomic E-state index is 13.5. The fourth-order valence-corrected chi connectivity index (χ4v) is 6.79. The third-order valence-electron chi connectivity index (χ3n) is 6.59. The van der Waals surface area contributed by atoms with Crippen molar-refractivity contribution >= 4 is 15.7 Å². The quantitative estimate of drug-likeness (QED) is 0.787. The lowest BCUT2D eigenvalue weighted by atomic mass is 9.77. The molecule has 0 spiro atoms. The van der Waals surface area contributed by atoms with Crippen molar-refractivity contribution in [3.63, 3.8) is 0 Å². The lowest BCUT2D eigenvalue weighted by molar-refractivity contribution is -0.139. The third kappa shape index (κ3) is 3.63. The number of sulfone groups is 1. The highest BCUT2D eigenvalue weighted by molar-refractivity contribution is 7.91. The van der Waals surface area contributed by atoms with Crippen LogP contribution in [-0.4, -0.2) is 67.9 Å². The number of amides is 1. The van der Waals surface area contributed by atoms with Crippen LogP contribution in [0.15, 0.2) is 24.3 Å². The van der Waals surface area contributed by atoms with Crippen LogP contribution in [-0.2, 0) is 20.0 Å². The first-order valence-corrected chi connectivity index (χ1v) is 11.7. The first kappa shape index (κ1) is 18.9. The van der Waals surface area contributed by atoms with Crippen LogP contribution in [0, 0.1) is 5.82 Å². The number of hydrogen-bond donors (Lipinski definition) is 0. The molecule has 1 atom stereocenters. The van der Waals surface area contributed by atoms with Crippen LogP contribution in [0.4, 0.5) is 4.39 Å². The van der Waals surface area contributed by atoms with Gasteiger partial charge in [0.05, 0.1) is 16.9 Å². The summed E-state index contributed by atoms with van der Waals surface area (Å²) in [5.41, 5.74) is 0.405. The third-order valence-corrected chi connectivity index (χ3v) is 8.34. The molecule has 1 saturated carbocycles. The van der Waals surface area contributed by atoms with E-state index >= 15 is 0 Å². The summed E-state index contributed by atoms with van der Waals surface area (Å²) in [6, 6.07) is 6.52. The van der Waals surface area contributed by atoms with E-state index in [9.17, 15) is 17.6 Å². The number of piperazine rings is 1. The molecule has 1 aliphatic carbocycles. The first-order valence-electron chi connectivity index (χ1n) is 9.90. The summed E-state index contributed by atoms with van der Waals surface area (Å²) in [5, 5.41) is 0. The minimum absolute atomic E-state index is 0.102. The van der Waals surface area contributed by atoms with Gasteiger partial charge in [0.1, 0.15) is 5.82 Å². The van der Waals surface area contributed by atoms with E-state index < -0.39 is 15.3 Å². The Balaban J connectivity index is 1.45. The van der Waals surface area contributed by atoms with Gasteiger partial charge in [-0.1, -0.05) is 25.0 Å². The summed E-state index contributed by atoms with van der Waals surface area (Å²) in [7, 11) is -2.89. The van der Waals surface area contributed by atoms with E-state index in [2.05, 4.69) is 4.90 Å². The van der Waals surface area contributed by atoms with Gasteiger partial charge in [0.25, 0.3) is 0 Å². The van der Waals surface area contributed by atoms with Gasteiger partial charge in [-0.3, -0.25) is 9.69 Å². The maximum absolute atomic E-state index is 13.5. The molecule has 1 amide bonds. The van der Waals surface area contributed by atoms with Crippen LogP contribution in [0.2, 0.25) is 0 Å². The fraction of sp³-hybridized carbons (Fsp3) is 0.650. The number of benzene rings is 1. The SMILES string of the molecule is O=C(N1CCN(C2CCS(=O)(=O)C2)CC1)C1(c2ccc(F)cc2)CCCC1. The molecule has 1 aromatic rings. The Morgan fingerprint density at radius 3 is 2.22 bits per heavy atom. The van der Waals surface area contributed by atoms with Crippen molar-refractivity contribution in [2.45, 2.75) is 43.6 Å². The second kappa shape index (κ2) is 7.17. The minimum atomic E-state index is -2.89. The molecule has 0 aromatic heterocycles. The fourth-order valence-electron chi connectivity index (χ4n) is 5.03.